The van der Waals surface area contributed by atoms with Crippen LogP contribution in [0, 0.1) is 0 Å². The highest BCUT2D eigenvalue weighted by atomic mass is 31.1. The maximum atomic E-state index is 10.2. The monoisotopic (exact) mass is 130 g/mol. The number of hydrogen-bond donors (Lipinski definition) is 0. The van der Waals surface area contributed by atoms with Crippen molar-refractivity contribution < 1.29 is 9.13 Å². The molecule has 0 amide bonds. The van der Waals surface area contributed by atoms with E-state index in [0.717, 1.165) is 12.8 Å². The normalized spacial score (nSPS) is 19.5. The molecule has 0 aromatic carbocycles. The van der Waals surface area contributed by atoms with Crippen LogP contribution >= 0.6 is 7.68 Å². The molecule has 8 heavy (non-hydrogen) atoms. The summed E-state index contributed by atoms with van der Waals surface area (Å²) in [6, 6.07) is 0. The Morgan fingerprint density at radius 2 is 1.75 bits per heavy atom. The number of rotatable bonds is 1. The van der Waals surface area contributed by atoms with Gasteiger partial charge in [-0.05, 0) is 12.8 Å². The van der Waals surface area contributed by atoms with Gasteiger partial charge in [0.05, 0.1) is 5.66 Å². The van der Waals surface area contributed by atoms with Gasteiger partial charge >= 0.3 is 7.68 Å². The minimum atomic E-state index is -2.16. The lowest BCUT2D eigenvalue weighted by atomic mass is 10.3. The number of allylic oxidation sites excluding steroid dienone is 2. The SMILES string of the molecule is O=P(=O)C1CC=CC1. The van der Waals surface area contributed by atoms with Crippen LogP contribution in [0.4, 0.5) is 0 Å². The molecule has 1 aliphatic rings. The molecule has 0 spiro atoms. The lowest BCUT2D eigenvalue weighted by Crippen LogP contribution is -1.87. The Kier molecular flexibility index (Phi) is 1.64. The summed E-state index contributed by atoms with van der Waals surface area (Å²) in [7, 11) is -2.16. The van der Waals surface area contributed by atoms with Crippen LogP contribution in [0.1, 0.15) is 12.8 Å². The van der Waals surface area contributed by atoms with Crippen LogP contribution in [-0.2, 0) is 9.13 Å². The first-order valence-corrected chi connectivity index (χ1v) is 3.84. The summed E-state index contributed by atoms with van der Waals surface area (Å²) in [4.78, 5) is 0. The fraction of sp³-hybridized carbons (Fsp3) is 0.600. The number of hydrogen-bond acceptors (Lipinski definition) is 2. The zero-order chi connectivity index (χ0) is 5.98. The van der Waals surface area contributed by atoms with Gasteiger partial charge in [-0.3, -0.25) is 0 Å². The summed E-state index contributed by atoms with van der Waals surface area (Å²) < 4.78 is 20.4. The topological polar surface area (TPSA) is 34.1 Å². The highest BCUT2D eigenvalue weighted by molar-refractivity contribution is 7.31. The molecule has 0 aromatic rings. The van der Waals surface area contributed by atoms with Crippen LogP contribution in [0.25, 0.3) is 0 Å². The second-order valence-electron chi connectivity index (χ2n) is 1.88. The molecule has 0 saturated heterocycles. The van der Waals surface area contributed by atoms with Crippen LogP contribution in [0.5, 0.6) is 0 Å². The van der Waals surface area contributed by atoms with E-state index < -0.39 is 7.68 Å². The summed E-state index contributed by atoms with van der Waals surface area (Å²) in [6.07, 6.45) is 5.27. The van der Waals surface area contributed by atoms with Crippen molar-refractivity contribution in [3.8, 4) is 0 Å². The van der Waals surface area contributed by atoms with Crippen LogP contribution in [-0.4, -0.2) is 5.66 Å². The van der Waals surface area contributed by atoms with E-state index in [1.807, 2.05) is 12.2 Å². The molecular formula is C5H7O2P. The van der Waals surface area contributed by atoms with Gasteiger partial charge in [0.1, 0.15) is 0 Å². The van der Waals surface area contributed by atoms with Gasteiger partial charge in [0, 0.05) is 0 Å². The molecule has 0 unspecified atom stereocenters. The molecule has 0 heterocycles. The van der Waals surface area contributed by atoms with Crippen LogP contribution in [0.2, 0.25) is 0 Å². The van der Waals surface area contributed by atoms with E-state index in [2.05, 4.69) is 0 Å². The fourth-order valence-corrected chi connectivity index (χ4v) is 1.36. The smallest absolute Gasteiger partial charge is 0.237 e. The van der Waals surface area contributed by atoms with E-state index in [4.69, 9.17) is 0 Å². The second-order valence-corrected chi connectivity index (χ2v) is 3.18. The molecule has 0 fully saturated rings. The van der Waals surface area contributed by atoms with E-state index in [0.29, 0.717) is 0 Å². The first kappa shape index (κ1) is 5.77. The summed E-state index contributed by atoms with van der Waals surface area (Å²) in [5.41, 5.74) is -0.0926. The maximum absolute atomic E-state index is 10.2. The Morgan fingerprint density at radius 3 is 2.00 bits per heavy atom. The van der Waals surface area contributed by atoms with Crippen LogP contribution in [0.15, 0.2) is 12.2 Å². The van der Waals surface area contributed by atoms with Crippen molar-refractivity contribution in [1.82, 2.24) is 0 Å². The minimum absolute atomic E-state index is 0.0926. The highest BCUT2D eigenvalue weighted by Gasteiger charge is 2.14. The zero-order valence-corrected chi connectivity index (χ0v) is 5.30. The first-order valence-electron chi connectivity index (χ1n) is 2.59. The van der Waals surface area contributed by atoms with Crippen molar-refractivity contribution in [2.45, 2.75) is 18.5 Å². The van der Waals surface area contributed by atoms with Gasteiger partial charge in [-0.25, -0.2) is 9.13 Å². The van der Waals surface area contributed by atoms with Crippen LogP contribution in [0.3, 0.4) is 0 Å². The van der Waals surface area contributed by atoms with Gasteiger partial charge in [-0.15, -0.1) is 0 Å². The Bertz CT molecular complexity index is 153. The lowest BCUT2D eigenvalue weighted by Gasteiger charge is -1.89. The first-order chi connectivity index (χ1) is 3.80. The van der Waals surface area contributed by atoms with Crippen molar-refractivity contribution in [3.05, 3.63) is 12.2 Å². The van der Waals surface area contributed by atoms with Crippen LogP contribution < -0.4 is 0 Å². The molecule has 3 heteroatoms. The van der Waals surface area contributed by atoms with Crippen molar-refractivity contribution in [2.75, 3.05) is 0 Å². The molecule has 0 bridgehead atoms. The molecule has 1 rings (SSSR count). The molecule has 0 aromatic heterocycles. The summed E-state index contributed by atoms with van der Waals surface area (Å²) in [5.74, 6) is 0. The predicted octanol–water partition coefficient (Wildman–Crippen LogP) is 1.88. The summed E-state index contributed by atoms with van der Waals surface area (Å²) in [5, 5.41) is 0. The molecule has 0 radical (unpaired) electrons. The van der Waals surface area contributed by atoms with E-state index in [-0.39, 0.29) is 5.66 Å². The molecule has 44 valence electrons. The third-order valence-electron chi connectivity index (χ3n) is 1.28. The second kappa shape index (κ2) is 2.27. The Morgan fingerprint density at radius 1 is 1.25 bits per heavy atom. The Labute approximate surface area is 48.4 Å². The third kappa shape index (κ3) is 1.07. The van der Waals surface area contributed by atoms with E-state index >= 15 is 0 Å². The molecule has 1 aliphatic carbocycles. The van der Waals surface area contributed by atoms with Crippen molar-refractivity contribution in [2.24, 2.45) is 0 Å². The van der Waals surface area contributed by atoms with Gasteiger partial charge in [0.15, 0.2) is 0 Å². The predicted molar refractivity (Wildman–Crippen MR) is 30.5 cm³/mol. The Hall–Kier alpha value is -0.360. The zero-order valence-electron chi connectivity index (χ0n) is 4.41. The van der Waals surface area contributed by atoms with Gasteiger partial charge < -0.3 is 0 Å². The molecule has 0 saturated carbocycles. The lowest BCUT2D eigenvalue weighted by molar-refractivity contribution is 0.505. The average molecular weight is 130 g/mol. The largest absolute Gasteiger partial charge is 0.319 e. The highest BCUT2D eigenvalue weighted by Crippen LogP contribution is 2.26. The van der Waals surface area contributed by atoms with Gasteiger partial charge in [0.2, 0.25) is 0 Å². The Balaban J connectivity index is 2.53. The van der Waals surface area contributed by atoms with Crippen molar-refractivity contribution in [3.63, 3.8) is 0 Å². The van der Waals surface area contributed by atoms with E-state index in [1.54, 1.807) is 0 Å². The van der Waals surface area contributed by atoms with Gasteiger partial charge in [0.25, 0.3) is 0 Å². The summed E-state index contributed by atoms with van der Waals surface area (Å²) >= 11 is 0. The average Bonchev–Trinajstić information content (AvgIpc) is 2.12. The fourth-order valence-electron chi connectivity index (χ4n) is 0.775. The molecule has 0 N–H and O–H groups in total. The molecule has 0 atom stereocenters. The van der Waals surface area contributed by atoms with Crippen molar-refractivity contribution >= 4 is 7.68 Å². The third-order valence-corrected chi connectivity index (χ3v) is 2.30. The molecule has 0 aliphatic heterocycles. The van der Waals surface area contributed by atoms with E-state index in [1.165, 1.54) is 0 Å². The van der Waals surface area contributed by atoms with Gasteiger partial charge in [-0.1, -0.05) is 12.2 Å². The maximum Gasteiger partial charge on any atom is 0.319 e. The molecule has 2 nitrogen and oxygen atoms in total. The van der Waals surface area contributed by atoms with Gasteiger partial charge in [-0.2, -0.15) is 0 Å². The molecular weight excluding hydrogens is 123 g/mol. The van der Waals surface area contributed by atoms with E-state index in [9.17, 15) is 9.13 Å². The van der Waals surface area contributed by atoms with Crippen molar-refractivity contribution in [1.29, 1.82) is 0 Å². The standard InChI is InChI=1S/C5H7O2P/c6-8(7)5-3-1-2-4-5/h1-2,5H,3-4H2. The quantitative estimate of drug-likeness (QED) is 0.401. The summed E-state index contributed by atoms with van der Waals surface area (Å²) in [6.45, 7) is 0. The minimum Gasteiger partial charge on any atom is -0.237 e.